The smallest absolute Gasteiger partial charge is 0.261 e. The van der Waals surface area contributed by atoms with Gasteiger partial charge in [0.25, 0.3) is 5.91 Å². The van der Waals surface area contributed by atoms with Crippen molar-refractivity contribution in [3.63, 3.8) is 0 Å². The van der Waals surface area contributed by atoms with E-state index in [2.05, 4.69) is 28.4 Å². The van der Waals surface area contributed by atoms with Crippen molar-refractivity contribution in [2.45, 2.75) is 39.2 Å². The number of hydrogen-bond acceptors (Lipinski definition) is 5. The molecule has 0 aromatic heterocycles. The van der Waals surface area contributed by atoms with Crippen LogP contribution in [0.2, 0.25) is 0 Å². The first-order valence-electron chi connectivity index (χ1n) is 10.4. The molecule has 0 saturated carbocycles. The van der Waals surface area contributed by atoms with E-state index in [1.165, 1.54) is 0 Å². The SMILES string of the molecule is CCCCOc1ccccc1C(=O)NC(=S)NNC(=O)CCC(=O)NCc1ccccc1. The maximum Gasteiger partial charge on any atom is 0.261 e. The van der Waals surface area contributed by atoms with Crippen molar-refractivity contribution in [2.24, 2.45) is 0 Å². The molecule has 0 aliphatic heterocycles. The first-order chi connectivity index (χ1) is 15.5. The Hall–Kier alpha value is -3.46. The summed E-state index contributed by atoms with van der Waals surface area (Å²) in [5.74, 6) is -0.657. The largest absolute Gasteiger partial charge is 0.493 e. The summed E-state index contributed by atoms with van der Waals surface area (Å²) in [7, 11) is 0. The second kappa shape index (κ2) is 13.8. The third kappa shape index (κ3) is 9.13. The fraction of sp³-hybridized carbons (Fsp3) is 0.304. The molecule has 2 aromatic carbocycles. The van der Waals surface area contributed by atoms with Crippen LogP contribution in [-0.2, 0) is 16.1 Å². The lowest BCUT2D eigenvalue weighted by Gasteiger charge is -2.13. The summed E-state index contributed by atoms with van der Waals surface area (Å²) in [6.07, 6.45) is 1.86. The van der Waals surface area contributed by atoms with Crippen molar-refractivity contribution in [3.05, 3.63) is 65.7 Å². The minimum Gasteiger partial charge on any atom is -0.493 e. The molecule has 2 rings (SSSR count). The predicted molar refractivity (Wildman–Crippen MR) is 126 cm³/mol. The molecule has 4 N–H and O–H groups in total. The summed E-state index contributed by atoms with van der Waals surface area (Å²) in [6.45, 7) is 2.97. The number of benzene rings is 2. The number of hydrogen-bond donors (Lipinski definition) is 4. The molecule has 170 valence electrons. The van der Waals surface area contributed by atoms with Crippen molar-refractivity contribution in [1.82, 2.24) is 21.5 Å². The fourth-order valence-corrected chi connectivity index (χ4v) is 2.75. The van der Waals surface area contributed by atoms with Crippen LogP contribution in [0, 0.1) is 0 Å². The standard InChI is InChI=1S/C23H28N4O4S/c1-2-3-15-31-19-12-8-7-11-18(19)22(30)25-23(32)27-26-21(29)14-13-20(28)24-16-17-9-5-4-6-10-17/h4-12H,2-3,13-16H2,1H3,(H,24,28)(H,26,29)(H2,25,27,30,32). The summed E-state index contributed by atoms with van der Waals surface area (Å²) in [5, 5.41) is 5.18. The Morgan fingerprint density at radius 1 is 0.906 bits per heavy atom. The Balaban J connectivity index is 1.69. The number of unbranched alkanes of at least 4 members (excludes halogenated alkanes) is 1. The zero-order valence-corrected chi connectivity index (χ0v) is 18.8. The Bertz CT molecular complexity index is 921. The van der Waals surface area contributed by atoms with Crippen LogP contribution < -0.4 is 26.2 Å². The van der Waals surface area contributed by atoms with Gasteiger partial charge < -0.3 is 10.1 Å². The molecule has 2 aromatic rings. The summed E-state index contributed by atoms with van der Waals surface area (Å²) < 4.78 is 5.65. The molecule has 32 heavy (non-hydrogen) atoms. The van der Waals surface area contributed by atoms with Crippen molar-refractivity contribution >= 4 is 35.1 Å². The van der Waals surface area contributed by atoms with Gasteiger partial charge in [-0.1, -0.05) is 55.8 Å². The molecule has 0 atom stereocenters. The van der Waals surface area contributed by atoms with E-state index in [0.29, 0.717) is 24.5 Å². The number of carbonyl (C=O) groups is 3. The van der Waals surface area contributed by atoms with Crippen molar-refractivity contribution < 1.29 is 19.1 Å². The van der Waals surface area contributed by atoms with Gasteiger partial charge in [-0.15, -0.1) is 0 Å². The van der Waals surface area contributed by atoms with E-state index in [4.69, 9.17) is 17.0 Å². The van der Waals surface area contributed by atoms with E-state index in [0.717, 1.165) is 18.4 Å². The highest BCUT2D eigenvalue weighted by Gasteiger charge is 2.14. The summed E-state index contributed by atoms with van der Waals surface area (Å²) >= 11 is 5.05. The van der Waals surface area contributed by atoms with Gasteiger partial charge in [0, 0.05) is 19.4 Å². The number of rotatable bonds is 10. The second-order valence-corrected chi connectivity index (χ2v) is 7.33. The number of amides is 3. The molecule has 0 unspecified atom stereocenters. The van der Waals surface area contributed by atoms with E-state index in [1.807, 2.05) is 30.3 Å². The van der Waals surface area contributed by atoms with E-state index in [1.54, 1.807) is 24.3 Å². The monoisotopic (exact) mass is 456 g/mol. The minimum atomic E-state index is -0.455. The number of nitrogens with one attached hydrogen (secondary N) is 4. The van der Waals surface area contributed by atoms with Gasteiger partial charge in [0.15, 0.2) is 5.11 Å². The van der Waals surface area contributed by atoms with Gasteiger partial charge in [-0.2, -0.15) is 0 Å². The van der Waals surface area contributed by atoms with Crippen LogP contribution in [0.1, 0.15) is 48.5 Å². The number of ether oxygens (including phenoxy) is 1. The highest BCUT2D eigenvalue weighted by atomic mass is 32.1. The molecule has 3 amide bonds. The topological polar surface area (TPSA) is 109 Å². The van der Waals surface area contributed by atoms with E-state index in [9.17, 15) is 14.4 Å². The zero-order valence-electron chi connectivity index (χ0n) is 18.0. The van der Waals surface area contributed by atoms with Crippen LogP contribution in [0.3, 0.4) is 0 Å². The van der Waals surface area contributed by atoms with Crippen LogP contribution in [0.15, 0.2) is 54.6 Å². The van der Waals surface area contributed by atoms with Crippen molar-refractivity contribution in [3.8, 4) is 5.75 Å². The van der Waals surface area contributed by atoms with Crippen LogP contribution in [0.4, 0.5) is 0 Å². The molecular formula is C23H28N4O4S. The van der Waals surface area contributed by atoms with Gasteiger partial charge in [-0.05, 0) is 36.3 Å². The third-order valence-corrected chi connectivity index (χ3v) is 4.55. The van der Waals surface area contributed by atoms with Crippen molar-refractivity contribution in [1.29, 1.82) is 0 Å². The molecular weight excluding hydrogens is 428 g/mol. The minimum absolute atomic E-state index is 0.0295. The van der Waals surface area contributed by atoms with E-state index >= 15 is 0 Å². The quantitative estimate of drug-likeness (QED) is 0.249. The highest BCUT2D eigenvalue weighted by Crippen LogP contribution is 2.18. The number of thiocarbonyl (C=S) groups is 1. The molecule has 0 aliphatic rings. The molecule has 0 bridgehead atoms. The molecule has 0 spiro atoms. The third-order valence-electron chi connectivity index (χ3n) is 4.34. The lowest BCUT2D eigenvalue weighted by molar-refractivity contribution is -0.126. The molecule has 9 heteroatoms. The van der Waals surface area contributed by atoms with Gasteiger partial charge in [0.2, 0.25) is 11.8 Å². The van der Waals surface area contributed by atoms with Gasteiger partial charge in [-0.25, -0.2) is 0 Å². The Kier molecular flexibility index (Phi) is 10.7. The molecule has 0 heterocycles. The second-order valence-electron chi connectivity index (χ2n) is 6.92. The summed E-state index contributed by atoms with van der Waals surface area (Å²) in [5.41, 5.74) is 6.15. The molecule has 0 fully saturated rings. The predicted octanol–water partition coefficient (Wildman–Crippen LogP) is 2.60. The van der Waals surface area contributed by atoms with Crippen molar-refractivity contribution in [2.75, 3.05) is 6.61 Å². The van der Waals surface area contributed by atoms with Gasteiger partial charge >= 0.3 is 0 Å². The molecule has 0 radical (unpaired) electrons. The Morgan fingerprint density at radius 2 is 1.59 bits per heavy atom. The number of carbonyl (C=O) groups excluding carboxylic acids is 3. The van der Waals surface area contributed by atoms with Crippen LogP contribution in [0.25, 0.3) is 0 Å². The van der Waals surface area contributed by atoms with Gasteiger partial charge in [-0.3, -0.25) is 30.6 Å². The highest BCUT2D eigenvalue weighted by molar-refractivity contribution is 7.80. The lowest BCUT2D eigenvalue weighted by Crippen LogP contribution is -2.48. The van der Waals surface area contributed by atoms with E-state index in [-0.39, 0.29) is 23.9 Å². The lowest BCUT2D eigenvalue weighted by atomic mass is 10.2. The summed E-state index contributed by atoms with van der Waals surface area (Å²) in [6, 6.07) is 16.3. The van der Waals surface area contributed by atoms with Gasteiger partial charge in [0.1, 0.15) is 5.75 Å². The number of hydrazine groups is 1. The first-order valence-corrected chi connectivity index (χ1v) is 10.8. The maximum absolute atomic E-state index is 12.5. The van der Waals surface area contributed by atoms with E-state index < -0.39 is 11.8 Å². The summed E-state index contributed by atoms with van der Waals surface area (Å²) in [4.78, 5) is 36.3. The van der Waals surface area contributed by atoms with Gasteiger partial charge in [0.05, 0.1) is 12.2 Å². The average Bonchev–Trinajstić information content (AvgIpc) is 2.81. The Morgan fingerprint density at radius 3 is 2.34 bits per heavy atom. The first kappa shape index (κ1) is 24.8. The fourth-order valence-electron chi connectivity index (χ4n) is 2.61. The molecule has 0 saturated heterocycles. The number of para-hydroxylation sites is 1. The normalized spacial score (nSPS) is 10.0. The van der Waals surface area contributed by atoms with Crippen LogP contribution in [-0.4, -0.2) is 29.4 Å². The van der Waals surface area contributed by atoms with Crippen LogP contribution >= 0.6 is 12.2 Å². The molecule has 0 aliphatic carbocycles. The van der Waals surface area contributed by atoms with Crippen LogP contribution in [0.5, 0.6) is 5.75 Å². The molecule has 8 nitrogen and oxygen atoms in total. The average molecular weight is 457 g/mol. The maximum atomic E-state index is 12.5. The Labute approximate surface area is 193 Å². The zero-order chi connectivity index (χ0) is 23.2.